The van der Waals surface area contributed by atoms with E-state index in [1.165, 1.54) is 62.3 Å². The van der Waals surface area contributed by atoms with Crippen molar-refractivity contribution in [3.05, 3.63) is 180 Å². The summed E-state index contributed by atoms with van der Waals surface area (Å²) in [6.45, 7) is 0. The smallest absolute Gasteiger partial charge is 0.198 e. The second-order valence-electron chi connectivity index (χ2n) is 13.7. The first-order valence-electron chi connectivity index (χ1n) is 19.5. The molecule has 18 heteroatoms. The van der Waals surface area contributed by atoms with Crippen molar-refractivity contribution in [3.63, 3.8) is 0 Å². The largest absolute Gasteiger partial charge is 0.496 e. The molecule has 0 spiro atoms. The van der Waals surface area contributed by atoms with Gasteiger partial charge in [0.25, 0.3) is 0 Å². The number of pyridine rings is 2. The van der Waals surface area contributed by atoms with Crippen molar-refractivity contribution >= 4 is 58.1 Å². The number of benzene rings is 4. The van der Waals surface area contributed by atoms with Crippen molar-refractivity contribution in [2.75, 3.05) is 37.4 Å². The predicted molar refractivity (Wildman–Crippen MR) is 246 cm³/mol. The summed E-state index contributed by atoms with van der Waals surface area (Å²) in [6.07, 6.45) is 9.87. The highest BCUT2D eigenvalue weighted by Gasteiger charge is 2.19. The van der Waals surface area contributed by atoms with Crippen molar-refractivity contribution in [1.29, 1.82) is 0 Å². The van der Waals surface area contributed by atoms with Crippen molar-refractivity contribution in [1.82, 2.24) is 29.9 Å². The molecular formula is C48H36F4N8O4S2. The lowest BCUT2D eigenvalue weighted by Crippen LogP contribution is -2.06. The fourth-order valence-corrected chi connectivity index (χ4v) is 6.97. The fraction of sp³-hybridized carbons (Fsp3) is 0.0833. The minimum Gasteiger partial charge on any atom is -0.496 e. The number of aromatic nitrogens is 6. The van der Waals surface area contributed by atoms with Crippen LogP contribution in [0.4, 0.5) is 40.6 Å². The Morgan fingerprint density at radius 1 is 0.515 bits per heavy atom. The van der Waals surface area contributed by atoms with Crippen LogP contribution in [0, 0.1) is 23.3 Å². The number of nitrogens with one attached hydrogen (secondary N) is 2. The Balaban J connectivity index is 0.000000196. The molecule has 66 heavy (non-hydrogen) atoms. The molecule has 0 aliphatic heterocycles. The minimum atomic E-state index is -0.743. The summed E-state index contributed by atoms with van der Waals surface area (Å²) in [5, 5.41) is 6.78. The van der Waals surface area contributed by atoms with E-state index in [0.717, 1.165) is 35.4 Å². The number of hydrogen-bond acceptors (Lipinski definition) is 14. The van der Waals surface area contributed by atoms with Crippen LogP contribution < -0.4 is 20.1 Å². The first kappa shape index (κ1) is 46.3. The zero-order chi connectivity index (χ0) is 46.7. The highest BCUT2D eigenvalue weighted by Crippen LogP contribution is 2.31. The number of hydrogen-bond donors (Lipinski definition) is 2. The maximum absolute atomic E-state index is 13.9. The van der Waals surface area contributed by atoms with Gasteiger partial charge in [-0.2, -0.15) is 0 Å². The number of rotatable bonds is 14. The Bertz CT molecular complexity index is 2840. The molecule has 8 rings (SSSR count). The second-order valence-corrected chi connectivity index (χ2v) is 15.3. The number of methoxy groups -OCH3 is 2. The molecule has 0 radical (unpaired) electrons. The summed E-state index contributed by atoms with van der Waals surface area (Å²) in [5.41, 5.74) is 4.36. The van der Waals surface area contributed by atoms with Gasteiger partial charge in [0.15, 0.2) is 21.9 Å². The number of carbonyl (C=O) groups excluding carboxylic acids is 2. The van der Waals surface area contributed by atoms with Gasteiger partial charge in [0.1, 0.15) is 46.4 Å². The Morgan fingerprint density at radius 3 is 1.29 bits per heavy atom. The fourth-order valence-electron chi connectivity index (χ4n) is 6.26. The van der Waals surface area contributed by atoms with E-state index in [9.17, 15) is 27.2 Å². The van der Waals surface area contributed by atoms with Crippen LogP contribution in [0.25, 0.3) is 22.5 Å². The monoisotopic (exact) mass is 928 g/mol. The van der Waals surface area contributed by atoms with Gasteiger partial charge in [-0.15, -0.1) is 0 Å². The third kappa shape index (κ3) is 11.1. The first-order chi connectivity index (χ1) is 32.0. The van der Waals surface area contributed by atoms with E-state index >= 15 is 0 Å². The summed E-state index contributed by atoms with van der Waals surface area (Å²) < 4.78 is 64.7. The summed E-state index contributed by atoms with van der Waals surface area (Å²) in [4.78, 5) is 52.1. The first-order valence-corrected chi connectivity index (χ1v) is 22.0. The molecule has 2 N–H and O–H groups in total. The molecule has 0 aliphatic carbocycles. The highest BCUT2D eigenvalue weighted by molar-refractivity contribution is 7.98. The number of ketones is 2. The molecule has 0 amide bonds. The SMILES string of the molecule is COc1ccc(-c2ccnc(SC)n2)cc1C(=O)c1ccc(Nc2ccc(F)cc2F)nc1.COc1ccc(-c2ccnc(SC)n2)cc1C(=O)c1ccc(Nc2ccc(F)cc2F)nc1. The molecule has 4 aromatic heterocycles. The Hall–Kier alpha value is -7.70. The van der Waals surface area contributed by atoms with E-state index < -0.39 is 23.3 Å². The lowest BCUT2D eigenvalue weighted by atomic mass is 10.00. The third-order valence-electron chi connectivity index (χ3n) is 9.55. The lowest BCUT2D eigenvalue weighted by Gasteiger charge is -2.11. The van der Waals surface area contributed by atoms with Gasteiger partial charge in [0.05, 0.1) is 48.1 Å². The molecule has 0 saturated heterocycles. The van der Waals surface area contributed by atoms with Crippen molar-refractivity contribution < 1.29 is 36.6 Å². The molecule has 0 unspecified atom stereocenters. The summed E-state index contributed by atoms with van der Waals surface area (Å²) in [7, 11) is 2.98. The van der Waals surface area contributed by atoms with Crippen LogP contribution in [0.5, 0.6) is 11.5 Å². The van der Waals surface area contributed by atoms with Crippen LogP contribution in [0.1, 0.15) is 31.8 Å². The molecule has 4 heterocycles. The Morgan fingerprint density at radius 2 is 0.939 bits per heavy atom. The quantitative estimate of drug-likeness (QED) is 0.0460. The molecule has 4 aromatic carbocycles. The van der Waals surface area contributed by atoms with Crippen LogP contribution in [-0.2, 0) is 0 Å². The molecule has 0 saturated carbocycles. The van der Waals surface area contributed by atoms with Crippen molar-refractivity contribution in [2.45, 2.75) is 10.3 Å². The molecule has 0 fully saturated rings. The van der Waals surface area contributed by atoms with E-state index in [4.69, 9.17) is 9.47 Å². The molecule has 0 aliphatic rings. The van der Waals surface area contributed by atoms with Gasteiger partial charge in [-0.25, -0.2) is 47.5 Å². The maximum Gasteiger partial charge on any atom is 0.198 e. The minimum absolute atomic E-state index is 0.0757. The summed E-state index contributed by atoms with van der Waals surface area (Å²) in [5.74, 6) is -1.96. The molecule has 12 nitrogen and oxygen atoms in total. The molecular weight excluding hydrogens is 893 g/mol. The van der Waals surface area contributed by atoms with Crippen LogP contribution in [0.2, 0.25) is 0 Å². The summed E-state index contributed by atoms with van der Waals surface area (Å²) in [6, 6.07) is 26.7. The van der Waals surface area contributed by atoms with E-state index in [-0.39, 0.29) is 22.9 Å². The molecule has 8 aromatic rings. The van der Waals surface area contributed by atoms with Gasteiger partial charge < -0.3 is 20.1 Å². The molecule has 0 atom stereocenters. The number of halogens is 4. The van der Waals surface area contributed by atoms with Crippen LogP contribution in [-0.4, -0.2) is 68.2 Å². The van der Waals surface area contributed by atoms with Gasteiger partial charge in [0, 0.05) is 59.2 Å². The van der Waals surface area contributed by atoms with Gasteiger partial charge in [-0.1, -0.05) is 23.5 Å². The van der Waals surface area contributed by atoms with Crippen molar-refractivity contribution in [3.8, 4) is 34.0 Å². The number of thioether (sulfide) groups is 2. The number of anilines is 4. The Labute approximate surface area is 384 Å². The van der Waals surface area contributed by atoms with E-state index in [0.29, 0.717) is 67.1 Å². The average molecular weight is 929 g/mol. The number of carbonyl (C=O) groups is 2. The standard InChI is InChI=1S/2C24H18F2N4O2S/c2*1-32-21-7-3-14(19-9-10-27-24(30-19)33-2)11-17(21)23(31)15-4-8-22(28-13-15)29-20-6-5-16(25)12-18(20)26/h2*3-13H,1-2H3,(H,28,29). The number of ether oxygens (including phenoxy) is 2. The lowest BCUT2D eigenvalue weighted by molar-refractivity contribution is 0.102. The van der Waals surface area contributed by atoms with Crippen LogP contribution in [0.15, 0.2) is 144 Å². The van der Waals surface area contributed by atoms with Crippen LogP contribution >= 0.6 is 23.5 Å². The molecule has 332 valence electrons. The van der Waals surface area contributed by atoms with Gasteiger partial charge >= 0.3 is 0 Å². The van der Waals surface area contributed by atoms with Gasteiger partial charge in [0.2, 0.25) is 0 Å². The summed E-state index contributed by atoms with van der Waals surface area (Å²) >= 11 is 2.85. The maximum atomic E-state index is 13.9. The van der Waals surface area contributed by atoms with E-state index in [1.807, 2.05) is 24.6 Å². The third-order valence-corrected chi connectivity index (χ3v) is 10.7. The average Bonchev–Trinajstić information content (AvgIpc) is 3.35. The Kier molecular flexibility index (Phi) is 15.0. The highest BCUT2D eigenvalue weighted by atomic mass is 32.2. The molecule has 0 bridgehead atoms. The second kappa shape index (κ2) is 21.3. The van der Waals surface area contributed by atoms with Crippen LogP contribution in [0.3, 0.4) is 0 Å². The van der Waals surface area contributed by atoms with Gasteiger partial charge in [-0.3, -0.25) is 9.59 Å². The normalized spacial score (nSPS) is 10.7. The van der Waals surface area contributed by atoms with E-state index in [2.05, 4.69) is 40.5 Å². The zero-order valence-electron chi connectivity index (χ0n) is 35.3. The topological polar surface area (TPSA) is 154 Å². The van der Waals surface area contributed by atoms with Crippen molar-refractivity contribution in [2.24, 2.45) is 0 Å². The number of nitrogens with zero attached hydrogens (tertiary/aromatic N) is 6. The zero-order valence-corrected chi connectivity index (χ0v) is 37.0. The van der Waals surface area contributed by atoms with Gasteiger partial charge in [-0.05, 0) is 110 Å². The predicted octanol–water partition coefficient (Wildman–Crippen LogP) is 11.0. The van der Waals surface area contributed by atoms with E-state index in [1.54, 1.807) is 73.1 Å².